The van der Waals surface area contributed by atoms with E-state index in [2.05, 4.69) is 15.8 Å². The second-order valence-corrected chi connectivity index (χ2v) is 5.96. The molecule has 1 aromatic heterocycles. The Labute approximate surface area is 160 Å². The molecule has 0 atom stereocenters. The van der Waals surface area contributed by atoms with Gasteiger partial charge in [-0.2, -0.15) is 0 Å². The molecule has 0 radical (unpaired) electrons. The van der Waals surface area contributed by atoms with Gasteiger partial charge in [0.2, 0.25) is 0 Å². The molecular formula is C21H17N3O4. The van der Waals surface area contributed by atoms with E-state index in [0.29, 0.717) is 18.1 Å². The highest BCUT2D eigenvalue weighted by Crippen LogP contribution is 2.22. The second kappa shape index (κ2) is 8.59. The van der Waals surface area contributed by atoms with Crippen LogP contribution in [-0.2, 0) is 16.0 Å². The average Bonchev–Trinajstić information content (AvgIpc) is 2.71. The van der Waals surface area contributed by atoms with Crippen molar-refractivity contribution in [2.45, 2.75) is 6.42 Å². The van der Waals surface area contributed by atoms with Crippen LogP contribution in [0.3, 0.4) is 0 Å². The number of nitrogens with zero attached hydrogens (tertiary/aromatic N) is 1. The van der Waals surface area contributed by atoms with Crippen LogP contribution in [0.1, 0.15) is 21.5 Å². The molecule has 140 valence electrons. The topological polar surface area (TPSA) is 108 Å². The Hall–Kier alpha value is -4.00. The molecule has 0 aliphatic rings. The van der Waals surface area contributed by atoms with Gasteiger partial charge in [-0.05, 0) is 34.4 Å². The zero-order chi connectivity index (χ0) is 19.9. The molecule has 0 fully saturated rings. The number of benzene rings is 2. The fraction of sp³-hybridized carbons (Fsp3) is 0.0476. The number of rotatable bonds is 5. The number of aliphatic carboxylic acids is 1. The smallest absolute Gasteiger partial charge is 0.328 e. The van der Waals surface area contributed by atoms with Gasteiger partial charge in [0, 0.05) is 24.5 Å². The Morgan fingerprint density at radius 2 is 1.71 bits per heavy atom. The number of carboxylic acid groups (broad SMARTS) is 1. The van der Waals surface area contributed by atoms with Crippen molar-refractivity contribution < 1.29 is 19.5 Å². The highest BCUT2D eigenvalue weighted by atomic mass is 16.4. The fourth-order valence-corrected chi connectivity index (χ4v) is 2.81. The predicted molar refractivity (Wildman–Crippen MR) is 103 cm³/mol. The molecule has 1 heterocycles. The molecule has 2 amide bonds. The summed E-state index contributed by atoms with van der Waals surface area (Å²) in [6.45, 7) is 0. The van der Waals surface area contributed by atoms with Crippen molar-refractivity contribution in [1.82, 2.24) is 15.8 Å². The normalized spacial score (nSPS) is 10.7. The monoisotopic (exact) mass is 375 g/mol. The fourth-order valence-electron chi connectivity index (χ4n) is 2.81. The Balaban J connectivity index is 1.78. The molecular weight excluding hydrogens is 358 g/mol. The van der Waals surface area contributed by atoms with E-state index in [-0.39, 0.29) is 0 Å². The molecule has 0 unspecified atom stereocenters. The summed E-state index contributed by atoms with van der Waals surface area (Å²) in [7, 11) is 0. The Morgan fingerprint density at radius 1 is 0.929 bits per heavy atom. The lowest BCUT2D eigenvalue weighted by Gasteiger charge is -2.11. The molecule has 0 aliphatic heterocycles. The standard InChI is InChI=1S/C21H17N3O4/c25-19(8-9-20(26)27)23-24-21(28)18-13-22-11-10-16(18)12-15-6-3-5-14-4-1-2-7-17(14)15/h1-11,13H,12H2,(H,23,25)(H,24,28)(H,26,27)/b9-8+. The summed E-state index contributed by atoms with van der Waals surface area (Å²) in [4.78, 5) is 38.4. The van der Waals surface area contributed by atoms with Crippen molar-refractivity contribution in [1.29, 1.82) is 0 Å². The summed E-state index contributed by atoms with van der Waals surface area (Å²) in [6, 6.07) is 15.7. The van der Waals surface area contributed by atoms with E-state index in [9.17, 15) is 14.4 Å². The van der Waals surface area contributed by atoms with Crippen LogP contribution in [0.4, 0.5) is 0 Å². The Morgan fingerprint density at radius 3 is 2.54 bits per heavy atom. The number of nitrogens with one attached hydrogen (secondary N) is 2. The van der Waals surface area contributed by atoms with Gasteiger partial charge in [-0.3, -0.25) is 25.4 Å². The number of hydrazine groups is 1. The van der Waals surface area contributed by atoms with Crippen LogP contribution < -0.4 is 10.9 Å². The maximum Gasteiger partial charge on any atom is 0.328 e. The predicted octanol–water partition coefficient (Wildman–Crippen LogP) is 2.23. The maximum absolute atomic E-state index is 12.5. The van der Waals surface area contributed by atoms with Crippen molar-refractivity contribution >= 4 is 28.6 Å². The number of fused-ring (bicyclic) bond motifs is 1. The molecule has 2 aromatic carbocycles. The van der Waals surface area contributed by atoms with E-state index >= 15 is 0 Å². The second-order valence-electron chi connectivity index (χ2n) is 5.96. The van der Waals surface area contributed by atoms with Crippen molar-refractivity contribution in [3.05, 3.63) is 89.8 Å². The lowest BCUT2D eigenvalue weighted by atomic mass is 9.96. The third kappa shape index (κ3) is 4.59. The van der Waals surface area contributed by atoms with Crippen LogP contribution in [0, 0.1) is 0 Å². The number of aromatic nitrogens is 1. The third-order valence-corrected chi connectivity index (χ3v) is 4.09. The minimum Gasteiger partial charge on any atom is -0.478 e. The summed E-state index contributed by atoms with van der Waals surface area (Å²) in [5.41, 5.74) is 6.53. The minimum absolute atomic E-state index is 0.318. The SMILES string of the molecule is O=C(O)/C=C/C(=O)NNC(=O)c1cnccc1Cc1cccc2ccccc12. The first kappa shape index (κ1) is 18.8. The molecule has 0 saturated carbocycles. The zero-order valence-corrected chi connectivity index (χ0v) is 14.8. The van der Waals surface area contributed by atoms with Gasteiger partial charge < -0.3 is 5.11 Å². The molecule has 0 saturated heterocycles. The van der Waals surface area contributed by atoms with Gasteiger partial charge in [0.05, 0.1) is 5.56 Å². The van der Waals surface area contributed by atoms with Gasteiger partial charge in [-0.25, -0.2) is 4.79 Å². The number of amides is 2. The highest BCUT2D eigenvalue weighted by molar-refractivity contribution is 5.99. The molecule has 7 nitrogen and oxygen atoms in total. The summed E-state index contributed by atoms with van der Waals surface area (Å²) >= 11 is 0. The lowest BCUT2D eigenvalue weighted by Crippen LogP contribution is -2.41. The minimum atomic E-state index is -1.26. The molecule has 0 spiro atoms. The van der Waals surface area contributed by atoms with Crippen LogP contribution in [0.15, 0.2) is 73.1 Å². The number of hydrogen-bond acceptors (Lipinski definition) is 4. The highest BCUT2D eigenvalue weighted by Gasteiger charge is 2.13. The largest absolute Gasteiger partial charge is 0.478 e. The number of carbonyl (C=O) groups excluding carboxylic acids is 2. The Bertz CT molecular complexity index is 1070. The number of hydrogen-bond donors (Lipinski definition) is 3. The van der Waals surface area contributed by atoms with E-state index in [4.69, 9.17) is 5.11 Å². The number of carbonyl (C=O) groups is 3. The van der Waals surface area contributed by atoms with Gasteiger partial charge in [0.25, 0.3) is 11.8 Å². The first-order valence-corrected chi connectivity index (χ1v) is 8.45. The number of pyridine rings is 1. The van der Waals surface area contributed by atoms with Gasteiger partial charge in [0.1, 0.15) is 0 Å². The van der Waals surface area contributed by atoms with Crippen molar-refractivity contribution in [3.63, 3.8) is 0 Å². The summed E-state index contributed by atoms with van der Waals surface area (Å²) in [6.07, 6.45) is 5.03. The molecule has 3 aromatic rings. The Kier molecular flexibility index (Phi) is 5.76. The van der Waals surface area contributed by atoms with Gasteiger partial charge in [-0.15, -0.1) is 0 Å². The van der Waals surface area contributed by atoms with Crippen molar-refractivity contribution in [2.75, 3.05) is 0 Å². The van der Waals surface area contributed by atoms with E-state index in [1.54, 1.807) is 12.3 Å². The average molecular weight is 375 g/mol. The lowest BCUT2D eigenvalue weighted by molar-refractivity contribution is -0.131. The van der Waals surface area contributed by atoms with E-state index in [0.717, 1.165) is 28.0 Å². The first-order chi connectivity index (χ1) is 13.5. The molecule has 3 N–H and O–H groups in total. The number of carboxylic acids is 1. The van der Waals surface area contributed by atoms with Crippen LogP contribution in [0.25, 0.3) is 10.8 Å². The zero-order valence-electron chi connectivity index (χ0n) is 14.8. The molecule has 3 rings (SSSR count). The van der Waals surface area contributed by atoms with Crippen LogP contribution in [0.5, 0.6) is 0 Å². The van der Waals surface area contributed by atoms with Crippen molar-refractivity contribution in [3.8, 4) is 0 Å². The summed E-state index contributed by atoms with van der Waals surface area (Å²) < 4.78 is 0. The van der Waals surface area contributed by atoms with Crippen LogP contribution in [0.2, 0.25) is 0 Å². The quantitative estimate of drug-likeness (QED) is 0.468. The van der Waals surface area contributed by atoms with E-state index in [1.807, 2.05) is 42.5 Å². The molecule has 0 bridgehead atoms. The van der Waals surface area contributed by atoms with Gasteiger partial charge in [0.15, 0.2) is 0 Å². The van der Waals surface area contributed by atoms with Crippen LogP contribution >= 0.6 is 0 Å². The molecule has 0 aliphatic carbocycles. The van der Waals surface area contributed by atoms with Crippen molar-refractivity contribution in [2.24, 2.45) is 0 Å². The summed E-state index contributed by atoms with van der Waals surface area (Å²) in [5.74, 6) is -2.55. The van der Waals surface area contributed by atoms with Gasteiger partial charge in [-0.1, -0.05) is 42.5 Å². The maximum atomic E-state index is 12.5. The third-order valence-electron chi connectivity index (χ3n) is 4.09. The van der Waals surface area contributed by atoms with Crippen LogP contribution in [-0.4, -0.2) is 27.9 Å². The molecule has 28 heavy (non-hydrogen) atoms. The van der Waals surface area contributed by atoms with E-state index < -0.39 is 17.8 Å². The molecule has 7 heteroatoms. The van der Waals surface area contributed by atoms with Gasteiger partial charge >= 0.3 is 5.97 Å². The van der Waals surface area contributed by atoms with E-state index in [1.165, 1.54) is 6.20 Å². The summed E-state index contributed by atoms with van der Waals surface area (Å²) in [5, 5.41) is 10.7. The first-order valence-electron chi connectivity index (χ1n) is 8.45.